The van der Waals surface area contributed by atoms with E-state index >= 15 is 0 Å². The van der Waals surface area contributed by atoms with Crippen LogP contribution in [0.5, 0.6) is 11.5 Å². The molecule has 0 bridgehead atoms. The first-order valence-electron chi connectivity index (χ1n) is 7.89. The van der Waals surface area contributed by atoms with E-state index in [1.165, 1.54) is 0 Å². The lowest BCUT2D eigenvalue weighted by atomic mass is 10.0. The maximum absolute atomic E-state index is 12.6. The van der Waals surface area contributed by atoms with Gasteiger partial charge in [-0.3, -0.25) is 4.79 Å². The molecule has 5 nitrogen and oxygen atoms in total. The summed E-state index contributed by atoms with van der Waals surface area (Å²) in [5.41, 5.74) is 7.69. The van der Waals surface area contributed by atoms with Crippen LogP contribution in [0.4, 0.5) is 0 Å². The molecular formula is C19H19ClN2O3. The number of aryl methyl sites for hydroxylation is 1. The predicted molar refractivity (Wildman–Crippen MR) is 101 cm³/mol. The first kappa shape index (κ1) is 17.3. The van der Waals surface area contributed by atoms with E-state index in [1.54, 1.807) is 25.3 Å². The molecule has 1 aromatic heterocycles. The van der Waals surface area contributed by atoms with Crippen LogP contribution < -0.4 is 20.8 Å². The highest BCUT2D eigenvalue weighted by atomic mass is 35.5. The van der Waals surface area contributed by atoms with Gasteiger partial charge in [-0.2, -0.15) is 0 Å². The Morgan fingerprint density at radius 2 is 2.04 bits per heavy atom. The first-order chi connectivity index (χ1) is 12.1. The van der Waals surface area contributed by atoms with Crippen LogP contribution in [0.15, 0.2) is 41.2 Å². The molecule has 0 fully saturated rings. The molecule has 130 valence electrons. The van der Waals surface area contributed by atoms with Gasteiger partial charge in [0.2, 0.25) is 0 Å². The van der Waals surface area contributed by atoms with Gasteiger partial charge in [0.25, 0.3) is 5.56 Å². The number of fused-ring (bicyclic) bond motifs is 1. The van der Waals surface area contributed by atoms with Crippen molar-refractivity contribution in [3.63, 3.8) is 0 Å². The normalized spacial score (nSPS) is 10.9. The summed E-state index contributed by atoms with van der Waals surface area (Å²) < 4.78 is 11.1. The number of hydrogen-bond acceptors (Lipinski definition) is 4. The van der Waals surface area contributed by atoms with Crippen molar-refractivity contribution < 1.29 is 9.47 Å². The van der Waals surface area contributed by atoms with Crippen molar-refractivity contribution in [2.45, 2.75) is 6.92 Å². The van der Waals surface area contributed by atoms with Crippen LogP contribution in [-0.4, -0.2) is 25.2 Å². The number of nitrogens with two attached hydrogens (primary N) is 1. The standard InChI is InChI=1S/C19H19ClN2O3/c1-11-4-3-5-13-16(11)18(25-9-8-21)17(22-19(13)23)12-6-7-15(24-2)14(20)10-12/h3-7,10H,8-9,21H2,1-2H3,(H,22,23). The predicted octanol–water partition coefficient (Wildman–Crippen LogP) is 3.50. The van der Waals surface area contributed by atoms with E-state index in [0.717, 1.165) is 16.5 Å². The summed E-state index contributed by atoms with van der Waals surface area (Å²) in [4.78, 5) is 15.5. The van der Waals surface area contributed by atoms with Gasteiger partial charge in [-0.1, -0.05) is 23.7 Å². The number of aromatic nitrogens is 1. The molecule has 3 rings (SSSR count). The molecule has 0 saturated heterocycles. The van der Waals surface area contributed by atoms with Crippen molar-refractivity contribution in [2.75, 3.05) is 20.3 Å². The minimum atomic E-state index is -0.180. The van der Waals surface area contributed by atoms with Gasteiger partial charge in [-0.25, -0.2) is 0 Å². The highest BCUT2D eigenvalue weighted by molar-refractivity contribution is 6.32. The van der Waals surface area contributed by atoms with Crippen molar-refractivity contribution >= 4 is 22.4 Å². The second-order valence-corrected chi connectivity index (χ2v) is 6.05. The third kappa shape index (κ3) is 3.21. The zero-order valence-electron chi connectivity index (χ0n) is 14.1. The molecule has 0 aliphatic rings. The Kier molecular flexibility index (Phi) is 4.97. The highest BCUT2D eigenvalue weighted by Gasteiger charge is 2.17. The fourth-order valence-corrected chi connectivity index (χ4v) is 3.11. The summed E-state index contributed by atoms with van der Waals surface area (Å²) in [6, 6.07) is 10.9. The van der Waals surface area contributed by atoms with Gasteiger partial charge in [0.05, 0.1) is 23.2 Å². The van der Waals surface area contributed by atoms with E-state index in [4.69, 9.17) is 26.8 Å². The molecule has 25 heavy (non-hydrogen) atoms. The van der Waals surface area contributed by atoms with Crippen molar-refractivity contribution in [1.29, 1.82) is 0 Å². The number of methoxy groups -OCH3 is 1. The summed E-state index contributed by atoms with van der Waals surface area (Å²) in [6.07, 6.45) is 0. The minimum Gasteiger partial charge on any atom is -0.495 e. The average molecular weight is 359 g/mol. The maximum atomic E-state index is 12.6. The van der Waals surface area contributed by atoms with Gasteiger partial charge in [0.15, 0.2) is 5.75 Å². The first-order valence-corrected chi connectivity index (χ1v) is 8.27. The van der Waals surface area contributed by atoms with Crippen LogP contribution in [0.25, 0.3) is 22.0 Å². The summed E-state index contributed by atoms with van der Waals surface area (Å²) in [5.74, 6) is 1.16. The number of ether oxygens (including phenoxy) is 2. The van der Waals surface area contributed by atoms with Gasteiger partial charge in [-0.15, -0.1) is 0 Å². The van der Waals surface area contributed by atoms with Crippen LogP contribution in [-0.2, 0) is 0 Å². The number of hydrogen-bond donors (Lipinski definition) is 2. The third-order valence-corrected chi connectivity index (χ3v) is 4.31. The van der Waals surface area contributed by atoms with E-state index in [1.807, 2.05) is 25.1 Å². The lowest BCUT2D eigenvalue weighted by Gasteiger charge is -2.16. The van der Waals surface area contributed by atoms with Crippen LogP contribution in [0.3, 0.4) is 0 Å². The Balaban J connectivity index is 2.32. The van der Waals surface area contributed by atoms with Gasteiger partial charge in [0, 0.05) is 17.5 Å². The highest BCUT2D eigenvalue weighted by Crippen LogP contribution is 2.37. The Hall–Kier alpha value is -2.50. The lowest BCUT2D eigenvalue weighted by molar-refractivity contribution is 0.332. The molecule has 0 radical (unpaired) electrons. The van der Waals surface area contributed by atoms with Gasteiger partial charge in [0.1, 0.15) is 12.4 Å². The third-order valence-electron chi connectivity index (χ3n) is 4.01. The summed E-state index contributed by atoms with van der Waals surface area (Å²) in [5, 5.41) is 1.81. The second-order valence-electron chi connectivity index (χ2n) is 5.64. The topological polar surface area (TPSA) is 77.3 Å². The number of H-pyrrole nitrogens is 1. The van der Waals surface area contributed by atoms with E-state index in [2.05, 4.69) is 4.98 Å². The molecule has 0 aliphatic heterocycles. The molecule has 0 amide bonds. The van der Waals surface area contributed by atoms with Crippen molar-refractivity contribution in [3.8, 4) is 22.8 Å². The van der Waals surface area contributed by atoms with Crippen LogP contribution in [0.1, 0.15) is 5.56 Å². The number of nitrogens with one attached hydrogen (secondary N) is 1. The number of rotatable bonds is 5. The summed E-state index contributed by atoms with van der Waals surface area (Å²) in [7, 11) is 1.55. The van der Waals surface area contributed by atoms with Gasteiger partial charge < -0.3 is 20.2 Å². The zero-order valence-corrected chi connectivity index (χ0v) is 14.8. The molecule has 0 saturated carbocycles. The van der Waals surface area contributed by atoms with Crippen molar-refractivity contribution in [1.82, 2.24) is 4.98 Å². The van der Waals surface area contributed by atoms with E-state index in [-0.39, 0.29) is 5.56 Å². The average Bonchev–Trinajstić information content (AvgIpc) is 2.61. The molecule has 2 aromatic carbocycles. The van der Waals surface area contributed by atoms with E-state index in [9.17, 15) is 4.79 Å². The molecule has 3 aromatic rings. The number of halogens is 1. The van der Waals surface area contributed by atoms with Crippen molar-refractivity contribution in [2.24, 2.45) is 5.73 Å². The number of aromatic amines is 1. The molecule has 0 atom stereocenters. The van der Waals surface area contributed by atoms with Crippen LogP contribution in [0.2, 0.25) is 5.02 Å². The number of benzene rings is 2. The van der Waals surface area contributed by atoms with E-state index in [0.29, 0.717) is 40.8 Å². The Morgan fingerprint density at radius 3 is 2.72 bits per heavy atom. The second kappa shape index (κ2) is 7.17. The largest absolute Gasteiger partial charge is 0.495 e. The molecule has 1 heterocycles. The Morgan fingerprint density at radius 1 is 1.24 bits per heavy atom. The molecule has 3 N–H and O–H groups in total. The Bertz CT molecular complexity index is 982. The molecule has 6 heteroatoms. The Labute approximate surface area is 150 Å². The molecule has 0 aliphatic carbocycles. The smallest absolute Gasteiger partial charge is 0.256 e. The zero-order chi connectivity index (χ0) is 18.0. The fourth-order valence-electron chi connectivity index (χ4n) is 2.85. The van der Waals surface area contributed by atoms with Gasteiger partial charge >= 0.3 is 0 Å². The van der Waals surface area contributed by atoms with Crippen LogP contribution >= 0.6 is 11.6 Å². The number of pyridine rings is 1. The van der Waals surface area contributed by atoms with Gasteiger partial charge in [-0.05, 0) is 36.8 Å². The minimum absolute atomic E-state index is 0.180. The van der Waals surface area contributed by atoms with Crippen molar-refractivity contribution in [3.05, 3.63) is 57.3 Å². The lowest BCUT2D eigenvalue weighted by Crippen LogP contribution is -2.15. The van der Waals surface area contributed by atoms with E-state index < -0.39 is 0 Å². The monoisotopic (exact) mass is 358 g/mol. The SMILES string of the molecule is COc1ccc(-c2[nH]c(=O)c3cccc(C)c3c2OCCN)cc1Cl. The molecular weight excluding hydrogens is 340 g/mol. The molecule has 0 unspecified atom stereocenters. The summed E-state index contributed by atoms with van der Waals surface area (Å²) >= 11 is 6.25. The van der Waals surface area contributed by atoms with Crippen LogP contribution in [0, 0.1) is 6.92 Å². The fraction of sp³-hybridized carbons (Fsp3) is 0.211. The maximum Gasteiger partial charge on any atom is 0.256 e. The quantitative estimate of drug-likeness (QED) is 0.731. The summed E-state index contributed by atoms with van der Waals surface area (Å²) in [6.45, 7) is 2.66. The molecule has 0 spiro atoms.